The van der Waals surface area contributed by atoms with Crippen LogP contribution in [0.5, 0.6) is 11.5 Å². The maximum atomic E-state index is 6.94. The van der Waals surface area contributed by atoms with E-state index >= 15 is 0 Å². The number of nitrogens with zero attached hydrogens (tertiary/aromatic N) is 2. The molecule has 9 aromatic rings. The lowest BCUT2D eigenvalue weighted by atomic mass is 9.42. The molecule has 0 radical (unpaired) electrons. The van der Waals surface area contributed by atoms with Crippen molar-refractivity contribution in [1.29, 1.82) is 0 Å². The summed E-state index contributed by atoms with van der Waals surface area (Å²) in [6.45, 7) is 9.40. The quantitative estimate of drug-likeness (QED) is 0.163. The molecule has 0 spiro atoms. The highest BCUT2D eigenvalue weighted by Gasteiger charge is 2.51. The van der Waals surface area contributed by atoms with E-state index in [0.717, 1.165) is 17.2 Å². The Morgan fingerprint density at radius 2 is 1.22 bits per heavy atom. The molecule has 0 saturated carbocycles. The van der Waals surface area contributed by atoms with Crippen LogP contribution in [0.15, 0.2) is 164 Å². The summed E-state index contributed by atoms with van der Waals surface area (Å²) in [7, 11) is 0. The molecule has 3 nitrogen and oxygen atoms in total. The summed E-state index contributed by atoms with van der Waals surface area (Å²) >= 11 is 1.91. The number of hydrogen-bond acceptors (Lipinski definition) is 4. The van der Waals surface area contributed by atoms with Gasteiger partial charge >= 0.3 is 6.85 Å². The van der Waals surface area contributed by atoms with Gasteiger partial charge in [0.25, 0.3) is 0 Å². The molecule has 0 bridgehead atoms. The number of hydrogen-bond donors (Lipinski definition) is 0. The molecule has 1 aromatic heterocycles. The zero-order valence-electron chi connectivity index (χ0n) is 33.4. The van der Waals surface area contributed by atoms with E-state index in [-0.39, 0.29) is 17.7 Å². The fourth-order valence-corrected chi connectivity index (χ4v) is 12.2. The van der Waals surface area contributed by atoms with Gasteiger partial charge in [-0.1, -0.05) is 143 Å². The Bertz CT molecular complexity index is 3270. The second-order valence-corrected chi connectivity index (χ2v) is 18.7. The molecule has 8 aromatic carbocycles. The summed E-state index contributed by atoms with van der Waals surface area (Å²) in [5.74, 6) is 1.85. The molecule has 5 heteroatoms. The molecule has 5 heterocycles. The smallest absolute Gasteiger partial charge is 0.333 e. The molecule has 0 saturated heterocycles. The number of ether oxygens (including phenoxy) is 1. The number of fused-ring (bicyclic) bond motifs is 12. The van der Waals surface area contributed by atoms with Gasteiger partial charge in [-0.3, -0.25) is 0 Å². The first kappa shape index (κ1) is 33.4. The molecular formula is C54H39BN2OS. The maximum Gasteiger partial charge on any atom is 0.333 e. The van der Waals surface area contributed by atoms with Crippen molar-refractivity contribution >= 4 is 77.7 Å². The molecule has 0 atom stereocenters. The van der Waals surface area contributed by atoms with E-state index in [2.05, 4.69) is 201 Å². The largest absolute Gasteiger partial charge is 0.457 e. The van der Waals surface area contributed by atoms with Gasteiger partial charge in [-0.2, -0.15) is 0 Å². The van der Waals surface area contributed by atoms with E-state index in [0.29, 0.717) is 0 Å². The van der Waals surface area contributed by atoms with Crippen LogP contribution in [-0.2, 0) is 10.8 Å². The lowest BCUT2D eigenvalue weighted by Crippen LogP contribution is -2.62. The number of benzene rings is 8. The summed E-state index contributed by atoms with van der Waals surface area (Å²) in [5, 5.41) is 2.66. The average Bonchev–Trinajstić information content (AvgIpc) is 3.64. The molecule has 0 N–H and O–H groups in total. The van der Waals surface area contributed by atoms with Crippen molar-refractivity contribution in [2.24, 2.45) is 0 Å². The molecule has 0 aliphatic carbocycles. The van der Waals surface area contributed by atoms with Crippen molar-refractivity contribution in [3.8, 4) is 33.8 Å². The predicted molar refractivity (Wildman–Crippen MR) is 249 cm³/mol. The van der Waals surface area contributed by atoms with Gasteiger partial charge in [-0.15, -0.1) is 11.3 Å². The number of thiophene rings is 1. The van der Waals surface area contributed by atoms with Crippen LogP contribution < -0.4 is 25.4 Å². The van der Waals surface area contributed by atoms with Crippen LogP contribution in [0.25, 0.3) is 42.4 Å². The lowest BCUT2D eigenvalue weighted by Gasteiger charge is -2.50. The van der Waals surface area contributed by atoms with Crippen LogP contribution in [0, 0.1) is 0 Å². The molecule has 0 unspecified atom stereocenters. The molecule has 4 aliphatic heterocycles. The molecule has 0 fully saturated rings. The first-order valence-electron chi connectivity index (χ1n) is 20.7. The third kappa shape index (κ3) is 4.33. The van der Waals surface area contributed by atoms with Gasteiger partial charge < -0.3 is 14.4 Å². The molecule has 0 amide bonds. The highest BCUT2D eigenvalue weighted by atomic mass is 32.1. The van der Waals surface area contributed by atoms with Gasteiger partial charge in [0.1, 0.15) is 11.5 Å². The molecule has 280 valence electrons. The summed E-state index contributed by atoms with van der Waals surface area (Å²) < 4.78 is 9.57. The Labute approximate surface area is 348 Å². The van der Waals surface area contributed by atoms with Crippen molar-refractivity contribution in [1.82, 2.24) is 0 Å². The predicted octanol–water partition coefficient (Wildman–Crippen LogP) is 13.5. The average molecular weight is 775 g/mol. The second-order valence-electron chi connectivity index (χ2n) is 17.7. The summed E-state index contributed by atoms with van der Waals surface area (Å²) in [6, 6.07) is 61.0. The van der Waals surface area contributed by atoms with E-state index < -0.39 is 0 Å². The molecule has 4 aliphatic rings. The highest BCUT2D eigenvalue weighted by Crippen LogP contribution is 2.59. The molecular weight excluding hydrogens is 735 g/mol. The third-order valence-electron chi connectivity index (χ3n) is 13.9. The van der Waals surface area contributed by atoms with Crippen molar-refractivity contribution in [2.45, 2.75) is 38.5 Å². The van der Waals surface area contributed by atoms with Gasteiger partial charge in [0.2, 0.25) is 0 Å². The minimum absolute atomic E-state index is 0.104. The van der Waals surface area contributed by atoms with Gasteiger partial charge in [0, 0.05) is 76.5 Å². The lowest BCUT2D eigenvalue weighted by molar-refractivity contribution is 0.418. The van der Waals surface area contributed by atoms with E-state index in [1.54, 1.807) is 0 Å². The second kappa shape index (κ2) is 11.6. The van der Waals surface area contributed by atoms with Gasteiger partial charge in [-0.25, -0.2) is 0 Å². The zero-order valence-corrected chi connectivity index (χ0v) is 34.2. The van der Waals surface area contributed by atoms with E-state index in [4.69, 9.17) is 4.74 Å². The molecule has 13 rings (SSSR count). The Hall–Kier alpha value is -6.56. The normalized spacial score (nSPS) is 15.8. The fourth-order valence-electron chi connectivity index (χ4n) is 11.1. The maximum absolute atomic E-state index is 6.94. The van der Waals surface area contributed by atoms with Crippen LogP contribution >= 0.6 is 11.3 Å². The minimum Gasteiger partial charge on any atom is -0.457 e. The van der Waals surface area contributed by atoms with Crippen LogP contribution in [0.2, 0.25) is 0 Å². The first-order valence-corrected chi connectivity index (χ1v) is 21.5. The number of rotatable bonds is 2. The van der Waals surface area contributed by atoms with Crippen molar-refractivity contribution in [2.75, 3.05) is 9.71 Å². The van der Waals surface area contributed by atoms with E-state index in [1.165, 1.54) is 98.4 Å². The Balaban J connectivity index is 1.19. The monoisotopic (exact) mass is 774 g/mol. The molecule has 59 heavy (non-hydrogen) atoms. The van der Waals surface area contributed by atoms with Crippen molar-refractivity contribution in [3.05, 3.63) is 186 Å². The summed E-state index contributed by atoms with van der Waals surface area (Å²) in [4.78, 5) is 5.25. The van der Waals surface area contributed by atoms with E-state index in [9.17, 15) is 0 Å². The first-order chi connectivity index (χ1) is 28.8. The standard InChI is InChI=1S/C54H39BN2OS/c1-53(2)37-18-9-11-22-42(37)56-44-31-48-49(35-17-8-13-24-47(35)59-48)50-36-29-40-46(58-45-23-12-10-19-38(45)54(40,3)4)30-43(36)57(55(51(44)50)41-21-14-20-39(53)52(41)56)34-27-25-33(26-28-34)32-15-6-5-7-16-32/h5-31H,1-4H3. The Kier molecular flexibility index (Phi) is 6.54. The van der Waals surface area contributed by atoms with Crippen LogP contribution in [0.3, 0.4) is 0 Å². The topological polar surface area (TPSA) is 15.7 Å². The van der Waals surface area contributed by atoms with Gasteiger partial charge in [0.05, 0.1) is 5.69 Å². The van der Waals surface area contributed by atoms with Crippen LogP contribution in [-0.4, -0.2) is 6.85 Å². The van der Waals surface area contributed by atoms with Crippen LogP contribution in [0.4, 0.5) is 28.4 Å². The Morgan fingerprint density at radius 1 is 0.525 bits per heavy atom. The minimum atomic E-state index is -0.276. The van der Waals surface area contributed by atoms with E-state index in [1.807, 2.05) is 11.3 Å². The number of para-hydroxylation sites is 3. The van der Waals surface area contributed by atoms with Crippen molar-refractivity contribution in [3.63, 3.8) is 0 Å². The summed E-state index contributed by atoms with van der Waals surface area (Å²) in [6.07, 6.45) is 0. The Morgan fingerprint density at radius 3 is 2.07 bits per heavy atom. The highest BCUT2D eigenvalue weighted by molar-refractivity contribution is 7.26. The van der Waals surface area contributed by atoms with Crippen LogP contribution in [0.1, 0.15) is 49.9 Å². The van der Waals surface area contributed by atoms with Crippen molar-refractivity contribution < 1.29 is 4.74 Å². The third-order valence-corrected chi connectivity index (χ3v) is 15.0. The van der Waals surface area contributed by atoms with Gasteiger partial charge in [0.15, 0.2) is 0 Å². The SMILES string of the molecule is CC1(C)c2ccccc2Oc2cc3c(cc21)-c1c2c(cc4sc5ccccc5c14)N1c4ccccc4C(C)(C)c4cccc(c41)B2N3c1ccc(-c2ccccc2)cc1. The summed E-state index contributed by atoms with van der Waals surface area (Å²) in [5.41, 5.74) is 18.5. The van der Waals surface area contributed by atoms with Gasteiger partial charge in [-0.05, 0) is 81.2 Å². The fraction of sp³-hybridized carbons (Fsp3) is 0.111. The number of anilines is 5. The zero-order chi connectivity index (χ0) is 39.4.